The lowest BCUT2D eigenvalue weighted by molar-refractivity contribution is -0.138. The monoisotopic (exact) mass is 886 g/mol. The molecule has 1 spiro atoms. The van der Waals surface area contributed by atoms with E-state index in [1.807, 2.05) is 49.9 Å². The molecule has 3 aromatic carbocycles. The van der Waals surface area contributed by atoms with Gasteiger partial charge in [0.25, 0.3) is 0 Å². The average molecular weight is 887 g/mol. The molecule has 7 atom stereocenters. The molecule has 4 N–H and O–H groups in total. The molecule has 1 saturated carbocycles. The molecule has 2 aromatic heterocycles. The van der Waals surface area contributed by atoms with Gasteiger partial charge in [0.1, 0.15) is 23.7 Å². The minimum atomic E-state index is -0.742. The highest BCUT2D eigenvalue weighted by Gasteiger charge is 2.51. The van der Waals surface area contributed by atoms with Crippen molar-refractivity contribution in [2.75, 3.05) is 34.0 Å². The molecule has 9 rings (SSSR count). The van der Waals surface area contributed by atoms with E-state index in [0.29, 0.717) is 24.9 Å². The fourth-order valence-corrected chi connectivity index (χ4v) is 11.1. The highest BCUT2D eigenvalue weighted by Crippen LogP contribution is 2.49. The van der Waals surface area contributed by atoms with E-state index in [4.69, 9.17) is 24.2 Å². The Hall–Kier alpha value is -5.96. The third-order valence-electron chi connectivity index (χ3n) is 14.6. The summed E-state index contributed by atoms with van der Waals surface area (Å²) in [5, 5.41) is 9.94. The predicted molar refractivity (Wildman–Crippen MR) is 246 cm³/mol. The first-order valence-corrected chi connectivity index (χ1v) is 23.3. The lowest BCUT2D eigenvalue weighted by Gasteiger charge is -2.36. The van der Waals surface area contributed by atoms with E-state index in [2.05, 4.69) is 69.1 Å². The van der Waals surface area contributed by atoms with E-state index in [9.17, 15) is 19.2 Å². The summed E-state index contributed by atoms with van der Waals surface area (Å²) in [6, 6.07) is 15.4. The lowest BCUT2D eigenvalue weighted by atomic mass is 9.80. The maximum atomic E-state index is 14.3. The van der Waals surface area contributed by atoms with Crippen LogP contribution >= 0.6 is 0 Å². The van der Waals surface area contributed by atoms with E-state index in [-0.39, 0.29) is 47.2 Å². The second-order valence-corrected chi connectivity index (χ2v) is 19.5. The maximum Gasteiger partial charge on any atom is 0.407 e. The number of carbonyl (C=O) groups is 4. The van der Waals surface area contributed by atoms with Crippen molar-refractivity contribution in [1.82, 2.24) is 40.4 Å². The van der Waals surface area contributed by atoms with Crippen molar-refractivity contribution < 1.29 is 33.4 Å². The molecular formula is C50H62N8O7. The number of fused-ring (bicyclic) bond motifs is 3. The summed E-state index contributed by atoms with van der Waals surface area (Å²) < 4.78 is 15.7. The molecule has 15 nitrogen and oxygen atoms in total. The molecule has 4 amide bonds. The molecule has 5 heterocycles. The van der Waals surface area contributed by atoms with E-state index in [1.54, 1.807) is 0 Å². The summed E-state index contributed by atoms with van der Waals surface area (Å²) in [5.41, 5.74) is 3.54. The van der Waals surface area contributed by atoms with Gasteiger partial charge in [-0.25, -0.2) is 19.6 Å². The quantitative estimate of drug-likeness (QED) is 0.100. The number of likely N-dealkylation sites (tertiary alicyclic amines) is 2. The van der Waals surface area contributed by atoms with Crippen molar-refractivity contribution in [3.05, 3.63) is 72.6 Å². The Kier molecular flexibility index (Phi) is 12.3. The van der Waals surface area contributed by atoms with Crippen LogP contribution in [0.25, 0.3) is 44.1 Å². The van der Waals surface area contributed by atoms with Gasteiger partial charge < -0.3 is 44.6 Å². The molecule has 0 radical (unpaired) electrons. The molecule has 0 unspecified atom stereocenters. The number of hydrogen-bond acceptors (Lipinski definition) is 9. The number of alkyl carbamates (subject to hydrolysis) is 2. The first kappa shape index (κ1) is 44.3. The van der Waals surface area contributed by atoms with Crippen molar-refractivity contribution in [3.63, 3.8) is 0 Å². The number of amides is 4. The normalized spacial score (nSPS) is 24.1. The highest BCUT2D eigenvalue weighted by molar-refractivity contribution is 6.01. The van der Waals surface area contributed by atoms with Crippen LogP contribution < -0.4 is 10.6 Å². The summed E-state index contributed by atoms with van der Waals surface area (Å²) >= 11 is 0. The molecule has 4 fully saturated rings. The standard InChI is InChI=1S/C50H62N8O7/c1-28(2)42(55-48(61)63-5)46(59)57-26-50(16-9-17-65-27-50)23-41(57)45-52-25-38(54-45)33-15-13-31-18-35-20-32(14-12-30(35)19-36(31)21-33)37-24-51-44(53-37)40-22-34-10-7-8-11-39(34)58(40)47(60)43(29(3)4)56-49(62)64-6/h12-15,18-21,24-25,28-29,34,39-43H,7-11,16-17,22-23,26-27H2,1-6H3,(H,51,53)(H,52,54)(H,55,61)(H,56,62)/t34-,39-,40-,41-,42-,43-,50-/m0/s1. The van der Waals surface area contributed by atoms with Crippen molar-refractivity contribution in [1.29, 1.82) is 0 Å². The van der Waals surface area contributed by atoms with Crippen molar-refractivity contribution in [2.45, 2.75) is 109 Å². The third-order valence-corrected chi connectivity index (χ3v) is 14.6. The van der Waals surface area contributed by atoms with E-state index >= 15 is 0 Å². The number of ether oxygens (including phenoxy) is 3. The number of aromatic nitrogens is 4. The fourth-order valence-electron chi connectivity index (χ4n) is 11.1. The van der Waals surface area contributed by atoms with Crippen LogP contribution in [-0.2, 0) is 23.8 Å². The molecule has 1 aliphatic carbocycles. The molecule has 4 aliphatic rings. The second kappa shape index (κ2) is 18.1. The smallest absolute Gasteiger partial charge is 0.407 e. The molecule has 65 heavy (non-hydrogen) atoms. The number of nitrogens with zero attached hydrogens (tertiary/aromatic N) is 4. The summed E-state index contributed by atoms with van der Waals surface area (Å²) in [4.78, 5) is 74.0. The van der Waals surface area contributed by atoms with Gasteiger partial charge in [-0.15, -0.1) is 0 Å². The molecule has 3 aliphatic heterocycles. The predicted octanol–water partition coefficient (Wildman–Crippen LogP) is 8.44. The molecule has 0 bridgehead atoms. The largest absolute Gasteiger partial charge is 0.453 e. The second-order valence-electron chi connectivity index (χ2n) is 19.5. The van der Waals surface area contributed by atoms with Crippen LogP contribution in [0, 0.1) is 23.2 Å². The number of H-pyrrole nitrogens is 2. The number of benzene rings is 3. The fraction of sp³-hybridized carbons (Fsp3) is 0.520. The van der Waals surface area contributed by atoms with Crippen LogP contribution in [0.1, 0.15) is 103 Å². The number of methoxy groups -OCH3 is 2. The first-order valence-electron chi connectivity index (χ1n) is 23.3. The third kappa shape index (κ3) is 8.66. The van der Waals surface area contributed by atoms with Crippen LogP contribution in [0.4, 0.5) is 9.59 Å². The van der Waals surface area contributed by atoms with Crippen LogP contribution in [-0.4, -0.2) is 106 Å². The van der Waals surface area contributed by atoms with Crippen LogP contribution in [0.3, 0.4) is 0 Å². The van der Waals surface area contributed by atoms with Crippen LogP contribution in [0.15, 0.2) is 60.9 Å². The minimum Gasteiger partial charge on any atom is -0.453 e. The zero-order chi connectivity index (χ0) is 45.6. The molecule has 344 valence electrons. The molecule has 3 saturated heterocycles. The number of nitrogens with one attached hydrogen (secondary N) is 4. The Morgan fingerprint density at radius 1 is 0.738 bits per heavy atom. The Morgan fingerprint density at radius 3 is 1.86 bits per heavy atom. The van der Waals surface area contributed by atoms with Crippen LogP contribution in [0.5, 0.6) is 0 Å². The van der Waals surface area contributed by atoms with Gasteiger partial charge >= 0.3 is 12.2 Å². The van der Waals surface area contributed by atoms with Gasteiger partial charge in [-0.3, -0.25) is 9.59 Å². The zero-order valence-electron chi connectivity index (χ0n) is 38.3. The van der Waals surface area contributed by atoms with E-state index in [1.165, 1.54) is 14.2 Å². The van der Waals surface area contributed by atoms with Gasteiger partial charge in [0.2, 0.25) is 11.8 Å². The number of carbonyl (C=O) groups excluding carboxylic acids is 4. The molecular weight excluding hydrogens is 825 g/mol. The van der Waals surface area contributed by atoms with Crippen LogP contribution in [0.2, 0.25) is 0 Å². The Labute approximate surface area is 379 Å². The number of rotatable bonds is 10. The first-order chi connectivity index (χ1) is 31.3. The zero-order valence-corrected chi connectivity index (χ0v) is 38.3. The maximum absolute atomic E-state index is 14.3. The molecule has 15 heteroatoms. The highest BCUT2D eigenvalue weighted by atomic mass is 16.5. The lowest BCUT2D eigenvalue weighted by Crippen LogP contribution is -2.53. The summed E-state index contributed by atoms with van der Waals surface area (Å²) in [7, 11) is 2.62. The Bertz CT molecular complexity index is 2580. The van der Waals surface area contributed by atoms with Crippen molar-refractivity contribution in [3.8, 4) is 22.5 Å². The van der Waals surface area contributed by atoms with Gasteiger partial charge in [0, 0.05) is 35.7 Å². The Morgan fingerprint density at radius 2 is 1.31 bits per heavy atom. The Balaban J connectivity index is 0.958. The van der Waals surface area contributed by atoms with Crippen molar-refractivity contribution >= 4 is 45.5 Å². The summed E-state index contributed by atoms with van der Waals surface area (Å²) in [6.07, 6.45) is 10.2. The van der Waals surface area contributed by atoms with Gasteiger partial charge in [-0.05, 0) is 102 Å². The van der Waals surface area contributed by atoms with Gasteiger partial charge in [-0.2, -0.15) is 0 Å². The SMILES string of the molecule is COC(=O)N[C@H](C(=O)N1C[C@]2(CCCOC2)C[C@H]1c1ncc(-c2ccc3cc4cc(-c5cnc([C@@H]6C[C@@H]7CCCC[C@@H]7N6C(=O)[C@@H](NC(=O)OC)C(C)C)[nH]5)ccc4cc3c2)[nH]1)C(C)C. The minimum absolute atomic E-state index is 0.0850. The van der Waals surface area contributed by atoms with Gasteiger partial charge in [-0.1, -0.05) is 64.8 Å². The van der Waals surface area contributed by atoms with Crippen molar-refractivity contribution in [2.24, 2.45) is 23.2 Å². The topological polar surface area (TPSA) is 184 Å². The summed E-state index contributed by atoms with van der Waals surface area (Å²) in [6.45, 7) is 9.56. The van der Waals surface area contributed by atoms with Gasteiger partial charge in [0.05, 0.1) is 56.7 Å². The van der Waals surface area contributed by atoms with Gasteiger partial charge in [0.15, 0.2) is 0 Å². The summed E-state index contributed by atoms with van der Waals surface area (Å²) in [5.74, 6) is 1.37. The van der Waals surface area contributed by atoms with E-state index < -0.39 is 24.3 Å². The molecule has 5 aromatic rings. The number of imidazole rings is 2. The van der Waals surface area contributed by atoms with E-state index in [0.717, 1.165) is 108 Å². The average Bonchev–Trinajstić information content (AvgIpc) is 4.14. The number of hydrogen-bond donors (Lipinski definition) is 4. The number of aromatic amines is 2.